The number of benzene rings is 1. The maximum atomic E-state index is 12.2. The van der Waals surface area contributed by atoms with Gasteiger partial charge in [0, 0.05) is 18.5 Å². The molecule has 1 unspecified atom stereocenters. The highest BCUT2D eigenvalue weighted by Gasteiger charge is 2.35. The van der Waals surface area contributed by atoms with Crippen LogP contribution in [0.1, 0.15) is 58.3 Å². The molecule has 0 aliphatic carbocycles. The number of ether oxygens (including phenoxy) is 1. The SMILES string of the molecule is CCCCCCCCC(=O)CC1COC(=O)N1c1ccccc1. The Morgan fingerprint density at radius 3 is 2.57 bits per heavy atom. The van der Waals surface area contributed by atoms with Crippen LogP contribution in [0.2, 0.25) is 0 Å². The standard InChI is InChI=1S/C19H27NO3/c1-2-3-4-5-6-10-13-18(21)14-17-15-23-19(22)20(17)16-11-8-7-9-12-16/h7-9,11-12,17H,2-6,10,13-15H2,1H3. The lowest BCUT2D eigenvalue weighted by Crippen LogP contribution is -2.35. The van der Waals surface area contributed by atoms with Crippen LogP contribution in [-0.2, 0) is 9.53 Å². The fourth-order valence-corrected chi connectivity index (χ4v) is 2.98. The topological polar surface area (TPSA) is 46.6 Å². The quantitative estimate of drug-likeness (QED) is 0.586. The Hall–Kier alpha value is -1.84. The molecule has 1 atom stereocenters. The van der Waals surface area contributed by atoms with Gasteiger partial charge in [0.1, 0.15) is 12.4 Å². The number of nitrogens with zero attached hydrogens (tertiary/aromatic N) is 1. The van der Waals surface area contributed by atoms with Crippen molar-refractivity contribution in [1.82, 2.24) is 0 Å². The third kappa shape index (κ3) is 5.38. The van der Waals surface area contributed by atoms with Gasteiger partial charge in [0.25, 0.3) is 0 Å². The first kappa shape index (κ1) is 17.5. The summed E-state index contributed by atoms with van der Waals surface area (Å²) in [6.45, 7) is 2.50. The molecule has 1 aromatic carbocycles. The Balaban J connectivity index is 1.77. The molecule has 1 fully saturated rings. The number of carbonyl (C=O) groups excluding carboxylic acids is 2. The molecule has 0 bridgehead atoms. The lowest BCUT2D eigenvalue weighted by molar-refractivity contribution is -0.119. The Bertz CT molecular complexity index is 501. The minimum absolute atomic E-state index is 0.169. The number of hydrogen-bond acceptors (Lipinski definition) is 3. The lowest BCUT2D eigenvalue weighted by atomic mass is 10.0. The first-order valence-electron chi connectivity index (χ1n) is 8.75. The van der Waals surface area contributed by atoms with E-state index in [0.29, 0.717) is 19.4 Å². The van der Waals surface area contributed by atoms with Gasteiger partial charge in [-0.1, -0.05) is 57.2 Å². The largest absolute Gasteiger partial charge is 0.447 e. The molecule has 1 aliphatic rings. The zero-order chi connectivity index (χ0) is 16.5. The van der Waals surface area contributed by atoms with Gasteiger partial charge in [-0.25, -0.2) is 4.79 Å². The number of rotatable bonds is 10. The number of para-hydroxylation sites is 1. The molecule has 0 spiro atoms. The van der Waals surface area contributed by atoms with Crippen molar-refractivity contribution in [2.24, 2.45) is 0 Å². The third-order valence-corrected chi connectivity index (χ3v) is 4.27. The molecular weight excluding hydrogens is 290 g/mol. The first-order valence-corrected chi connectivity index (χ1v) is 8.75. The maximum absolute atomic E-state index is 12.2. The molecule has 1 aliphatic heterocycles. The van der Waals surface area contributed by atoms with Gasteiger partial charge >= 0.3 is 6.09 Å². The van der Waals surface area contributed by atoms with E-state index in [4.69, 9.17) is 4.74 Å². The molecule has 0 saturated carbocycles. The van der Waals surface area contributed by atoms with Crippen LogP contribution in [0.5, 0.6) is 0 Å². The zero-order valence-corrected chi connectivity index (χ0v) is 14.0. The predicted molar refractivity (Wildman–Crippen MR) is 91.7 cm³/mol. The van der Waals surface area contributed by atoms with E-state index in [9.17, 15) is 9.59 Å². The van der Waals surface area contributed by atoms with Gasteiger partial charge in [-0.15, -0.1) is 0 Å². The highest BCUT2D eigenvalue weighted by atomic mass is 16.6. The number of ketones is 1. The smallest absolute Gasteiger partial charge is 0.414 e. The van der Waals surface area contributed by atoms with Crippen molar-refractivity contribution >= 4 is 17.6 Å². The summed E-state index contributed by atoms with van der Waals surface area (Å²) in [7, 11) is 0. The van der Waals surface area contributed by atoms with Gasteiger partial charge in [-0.2, -0.15) is 0 Å². The molecule has 0 aromatic heterocycles. The van der Waals surface area contributed by atoms with E-state index < -0.39 is 0 Å². The van der Waals surface area contributed by atoms with Crippen molar-refractivity contribution in [3.8, 4) is 0 Å². The minimum atomic E-state index is -0.353. The molecular formula is C19H27NO3. The van der Waals surface area contributed by atoms with Crippen LogP contribution in [-0.4, -0.2) is 24.5 Å². The van der Waals surface area contributed by atoms with Gasteiger partial charge < -0.3 is 4.74 Å². The van der Waals surface area contributed by atoms with E-state index in [2.05, 4.69) is 6.92 Å². The van der Waals surface area contributed by atoms with Gasteiger partial charge in [-0.05, 0) is 18.6 Å². The second kappa shape index (κ2) is 9.33. The van der Waals surface area contributed by atoms with Crippen molar-refractivity contribution in [1.29, 1.82) is 0 Å². The summed E-state index contributed by atoms with van der Waals surface area (Å²) >= 11 is 0. The lowest BCUT2D eigenvalue weighted by Gasteiger charge is -2.20. The monoisotopic (exact) mass is 317 g/mol. The normalized spacial score (nSPS) is 17.3. The van der Waals surface area contributed by atoms with Gasteiger partial charge in [-0.3, -0.25) is 9.69 Å². The first-order chi connectivity index (χ1) is 11.2. The molecule has 1 aromatic rings. The molecule has 0 N–H and O–H groups in total. The average molecular weight is 317 g/mol. The van der Waals surface area contributed by atoms with Crippen molar-refractivity contribution in [2.45, 2.75) is 64.3 Å². The number of unbranched alkanes of at least 4 members (excludes halogenated alkanes) is 5. The number of cyclic esters (lactones) is 1. The van der Waals surface area contributed by atoms with Gasteiger partial charge in [0.2, 0.25) is 0 Å². The molecule has 1 amide bonds. The highest BCUT2D eigenvalue weighted by molar-refractivity contribution is 5.92. The second-order valence-electron chi connectivity index (χ2n) is 6.20. The van der Waals surface area contributed by atoms with E-state index in [1.807, 2.05) is 30.3 Å². The number of anilines is 1. The van der Waals surface area contributed by atoms with E-state index in [-0.39, 0.29) is 17.9 Å². The van der Waals surface area contributed by atoms with Crippen molar-refractivity contribution in [3.05, 3.63) is 30.3 Å². The molecule has 126 valence electrons. The second-order valence-corrected chi connectivity index (χ2v) is 6.20. The molecule has 0 radical (unpaired) electrons. The molecule has 4 heteroatoms. The van der Waals surface area contributed by atoms with Crippen LogP contribution >= 0.6 is 0 Å². The number of amides is 1. The predicted octanol–water partition coefficient (Wildman–Crippen LogP) is 4.72. The Labute approximate surface area is 138 Å². The Kier molecular flexibility index (Phi) is 7.11. The molecule has 2 rings (SSSR count). The van der Waals surface area contributed by atoms with Crippen LogP contribution in [0, 0.1) is 0 Å². The van der Waals surface area contributed by atoms with Crippen LogP contribution in [0.3, 0.4) is 0 Å². The van der Waals surface area contributed by atoms with Crippen LogP contribution in [0.15, 0.2) is 30.3 Å². The summed E-state index contributed by atoms with van der Waals surface area (Å²) in [6, 6.07) is 9.25. The fraction of sp³-hybridized carbons (Fsp3) is 0.579. The maximum Gasteiger partial charge on any atom is 0.414 e. The molecule has 1 heterocycles. The highest BCUT2D eigenvalue weighted by Crippen LogP contribution is 2.25. The van der Waals surface area contributed by atoms with Crippen molar-refractivity contribution in [2.75, 3.05) is 11.5 Å². The molecule has 23 heavy (non-hydrogen) atoms. The summed E-state index contributed by atoms with van der Waals surface area (Å²) < 4.78 is 5.14. The minimum Gasteiger partial charge on any atom is -0.447 e. The van der Waals surface area contributed by atoms with E-state index in [1.54, 1.807) is 4.90 Å². The van der Waals surface area contributed by atoms with Crippen LogP contribution < -0.4 is 4.90 Å². The summed E-state index contributed by atoms with van der Waals surface area (Å²) in [4.78, 5) is 25.7. The van der Waals surface area contributed by atoms with Gasteiger partial charge in [0.05, 0.1) is 6.04 Å². The Morgan fingerprint density at radius 1 is 1.13 bits per heavy atom. The van der Waals surface area contributed by atoms with E-state index >= 15 is 0 Å². The van der Waals surface area contributed by atoms with E-state index in [1.165, 1.54) is 25.7 Å². The van der Waals surface area contributed by atoms with Crippen molar-refractivity contribution < 1.29 is 14.3 Å². The Morgan fingerprint density at radius 2 is 1.83 bits per heavy atom. The summed E-state index contributed by atoms with van der Waals surface area (Å²) in [5, 5.41) is 0. The molecule has 1 saturated heterocycles. The van der Waals surface area contributed by atoms with Crippen LogP contribution in [0.4, 0.5) is 10.5 Å². The zero-order valence-electron chi connectivity index (χ0n) is 14.0. The number of carbonyl (C=O) groups is 2. The summed E-state index contributed by atoms with van der Waals surface area (Å²) in [6.07, 6.45) is 7.71. The third-order valence-electron chi connectivity index (χ3n) is 4.27. The summed E-state index contributed by atoms with van der Waals surface area (Å²) in [5.74, 6) is 0.227. The summed E-state index contributed by atoms with van der Waals surface area (Å²) in [5.41, 5.74) is 0.798. The van der Waals surface area contributed by atoms with Crippen LogP contribution in [0.25, 0.3) is 0 Å². The average Bonchev–Trinajstić information content (AvgIpc) is 2.92. The fourth-order valence-electron chi connectivity index (χ4n) is 2.98. The van der Waals surface area contributed by atoms with E-state index in [0.717, 1.165) is 18.5 Å². The molecule has 4 nitrogen and oxygen atoms in total. The number of Topliss-reactive ketones (excluding diaryl/α,β-unsaturated/α-hetero) is 1. The van der Waals surface area contributed by atoms with Gasteiger partial charge in [0.15, 0.2) is 0 Å². The van der Waals surface area contributed by atoms with Crippen molar-refractivity contribution in [3.63, 3.8) is 0 Å². The number of hydrogen-bond donors (Lipinski definition) is 0.